The van der Waals surface area contributed by atoms with Gasteiger partial charge < -0.3 is 19.9 Å². The number of rotatable bonds is 6. The molecule has 12 heteroatoms. The van der Waals surface area contributed by atoms with Gasteiger partial charge in [-0.2, -0.15) is 0 Å². The minimum Gasteiger partial charge on any atom is -0.444 e. The van der Waals surface area contributed by atoms with Crippen molar-refractivity contribution in [2.75, 3.05) is 50.5 Å². The lowest BCUT2D eigenvalue weighted by Crippen LogP contribution is -2.49. The number of ether oxygens (including phenoxy) is 1. The minimum atomic E-state index is -0.502. The number of carbonyl (C=O) groups excluding carboxylic acids is 1. The molecule has 5 rings (SSSR count). The van der Waals surface area contributed by atoms with Gasteiger partial charge in [-0.05, 0) is 44.5 Å². The molecule has 3 aromatic heterocycles. The van der Waals surface area contributed by atoms with Crippen LogP contribution in [0, 0.1) is 5.82 Å². The van der Waals surface area contributed by atoms with Crippen molar-refractivity contribution in [3.05, 3.63) is 54.1 Å². The highest BCUT2D eigenvalue weighted by Gasteiger charge is 2.26. The van der Waals surface area contributed by atoms with Crippen LogP contribution >= 0.6 is 11.3 Å². The van der Waals surface area contributed by atoms with E-state index in [-0.39, 0.29) is 17.7 Å². The molecule has 4 aromatic rings. The van der Waals surface area contributed by atoms with Gasteiger partial charge in [-0.1, -0.05) is 23.5 Å². The second kappa shape index (κ2) is 11.3. The van der Waals surface area contributed by atoms with Crippen molar-refractivity contribution in [3.63, 3.8) is 0 Å². The van der Waals surface area contributed by atoms with Gasteiger partial charge in [-0.15, -0.1) is 0 Å². The first-order chi connectivity index (χ1) is 19.0. The Bertz CT molecular complexity index is 1490. The molecule has 1 amide bonds. The molecule has 1 aliphatic rings. The standard InChI is InChI=1S/C28H33FN8O2S/c1-28(2,3)39-27(38)37-12-10-36(11-13-37)17-18-6-9-23(30-15-18)33-25-31-16-20(29)24(34-25)19-7-8-21-22(14-19)40-26(32-21)35(4)5/h6-9,14-16H,10-13,17H2,1-5H3,(H,30,31,33,34). The Kier molecular flexibility index (Phi) is 7.81. The molecule has 1 N–H and O–H groups in total. The fourth-order valence-electron chi connectivity index (χ4n) is 4.26. The molecule has 1 aliphatic heterocycles. The zero-order chi connectivity index (χ0) is 28.4. The van der Waals surface area contributed by atoms with Crippen molar-refractivity contribution in [1.29, 1.82) is 0 Å². The van der Waals surface area contributed by atoms with Crippen LogP contribution < -0.4 is 10.2 Å². The van der Waals surface area contributed by atoms with Gasteiger partial charge >= 0.3 is 6.09 Å². The van der Waals surface area contributed by atoms with E-state index in [4.69, 9.17) is 4.74 Å². The van der Waals surface area contributed by atoms with E-state index in [0.29, 0.717) is 24.5 Å². The largest absolute Gasteiger partial charge is 0.444 e. The zero-order valence-corrected chi connectivity index (χ0v) is 24.1. The highest BCUT2D eigenvalue weighted by atomic mass is 32.1. The lowest BCUT2D eigenvalue weighted by Gasteiger charge is -2.35. The monoisotopic (exact) mass is 564 g/mol. The molecule has 0 radical (unpaired) electrons. The van der Waals surface area contributed by atoms with Crippen molar-refractivity contribution in [3.8, 4) is 11.3 Å². The molecule has 0 spiro atoms. The van der Waals surface area contributed by atoms with E-state index < -0.39 is 11.4 Å². The number of halogens is 1. The number of thiazole rings is 1. The molecule has 1 aromatic carbocycles. The van der Waals surface area contributed by atoms with Crippen molar-refractivity contribution >= 4 is 44.5 Å². The number of amides is 1. The Hall–Kier alpha value is -3.90. The summed E-state index contributed by atoms with van der Waals surface area (Å²) in [5.41, 5.74) is 2.27. The number of nitrogens with one attached hydrogen (secondary N) is 1. The Morgan fingerprint density at radius 2 is 1.85 bits per heavy atom. The average Bonchev–Trinajstić information content (AvgIpc) is 3.34. The van der Waals surface area contributed by atoms with Crippen LogP contribution in [0.2, 0.25) is 0 Å². The van der Waals surface area contributed by atoms with Gasteiger partial charge in [0.05, 0.1) is 16.4 Å². The van der Waals surface area contributed by atoms with Crippen LogP contribution in [0.15, 0.2) is 42.7 Å². The molecule has 0 saturated carbocycles. The summed E-state index contributed by atoms with van der Waals surface area (Å²) in [7, 11) is 3.88. The molecule has 0 bridgehead atoms. The number of benzene rings is 1. The summed E-state index contributed by atoms with van der Waals surface area (Å²) in [4.78, 5) is 35.9. The maximum absolute atomic E-state index is 14.7. The number of carbonyl (C=O) groups is 1. The summed E-state index contributed by atoms with van der Waals surface area (Å²) in [5.74, 6) is 0.315. The first-order valence-corrected chi connectivity index (χ1v) is 13.9. The second-order valence-corrected chi connectivity index (χ2v) is 11.9. The van der Waals surface area contributed by atoms with E-state index in [1.807, 2.05) is 70.1 Å². The van der Waals surface area contributed by atoms with Gasteiger partial charge in [-0.3, -0.25) is 4.90 Å². The first kappa shape index (κ1) is 27.7. The Labute approximate surface area is 236 Å². The lowest BCUT2D eigenvalue weighted by molar-refractivity contribution is 0.0139. The van der Waals surface area contributed by atoms with Crippen LogP contribution in [-0.2, 0) is 11.3 Å². The molecule has 1 saturated heterocycles. The average molecular weight is 565 g/mol. The summed E-state index contributed by atoms with van der Waals surface area (Å²) in [5, 5.41) is 3.96. The summed E-state index contributed by atoms with van der Waals surface area (Å²) in [6, 6.07) is 9.43. The maximum atomic E-state index is 14.7. The smallest absolute Gasteiger partial charge is 0.410 e. The minimum absolute atomic E-state index is 0.210. The molecule has 40 heavy (non-hydrogen) atoms. The number of aromatic nitrogens is 4. The van der Waals surface area contributed by atoms with Gasteiger partial charge in [0.2, 0.25) is 5.95 Å². The number of nitrogens with zero attached hydrogens (tertiary/aromatic N) is 7. The van der Waals surface area contributed by atoms with Crippen molar-refractivity contribution in [2.24, 2.45) is 0 Å². The van der Waals surface area contributed by atoms with E-state index in [9.17, 15) is 9.18 Å². The van der Waals surface area contributed by atoms with Crippen molar-refractivity contribution < 1.29 is 13.9 Å². The Morgan fingerprint density at radius 1 is 1.07 bits per heavy atom. The summed E-state index contributed by atoms with van der Waals surface area (Å²) >= 11 is 1.54. The van der Waals surface area contributed by atoms with E-state index in [1.165, 1.54) is 0 Å². The molecule has 4 heterocycles. The predicted molar refractivity (Wildman–Crippen MR) is 156 cm³/mol. The first-order valence-electron chi connectivity index (χ1n) is 13.1. The van der Waals surface area contributed by atoms with Gasteiger partial charge in [-0.25, -0.2) is 29.1 Å². The van der Waals surface area contributed by atoms with Crippen LogP contribution in [0.5, 0.6) is 0 Å². The van der Waals surface area contributed by atoms with Crippen LogP contribution in [0.3, 0.4) is 0 Å². The van der Waals surface area contributed by atoms with Crippen molar-refractivity contribution in [2.45, 2.75) is 32.9 Å². The fourth-order valence-corrected chi connectivity index (χ4v) is 5.19. The van der Waals surface area contributed by atoms with Gasteiger partial charge in [0, 0.05) is 58.6 Å². The zero-order valence-electron chi connectivity index (χ0n) is 23.3. The number of anilines is 3. The molecular weight excluding hydrogens is 531 g/mol. The quantitative estimate of drug-likeness (QED) is 0.341. The topological polar surface area (TPSA) is 99.6 Å². The Morgan fingerprint density at radius 3 is 2.52 bits per heavy atom. The SMILES string of the molecule is CN(C)c1nc2ccc(-c3nc(Nc4ccc(CN5CCN(C(=O)OC(C)(C)C)CC5)cn4)ncc3F)cc2s1. The number of pyridine rings is 1. The fraction of sp³-hybridized carbons (Fsp3) is 0.393. The van der Waals surface area contributed by atoms with E-state index in [1.54, 1.807) is 22.4 Å². The van der Waals surface area contributed by atoms with Gasteiger partial charge in [0.1, 0.15) is 17.1 Å². The third-order valence-electron chi connectivity index (χ3n) is 6.27. The van der Waals surface area contributed by atoms with Crippen LogP contribution in [0.25, 0.3) is 21.5 Å². The Balaban J connectivity index is 1.20. The molecule has 10 nitrogen and oxygen atoms in total. The van der Waals surface area contributed by atoms with E-state index in [2.05, 4.69) is 30.2 Å². The highest BCUT2D eigenvalue weighted by Crippen LogP contribution is 2.32. The molecule has 1 fully saturated rings. The third kappa shape index (κ3) is 6.62. The van der Waals surface area contributed by atoms with Crippen LogP contribution in [-0.4, -0.2) is 81.7 Å². The van der Waals surface area contributed by atoms with Crippen LogP contribution in [0.4, 0.5) is 26.1 Å². The number of piperazine rings is 1. The summed E-state index contributed by atoms with van der Waals surface area (Å²) in [6.45, 7) is 9.11. The van der Waals surface area contributed by atoms with Gasteiger partial charge in [0.15, 0.2) is 10.9 Å². The second-order valence-electron chi connectivity index (χ2n) is 10.9. The van der Waals surface area contributed by atoms with E-state index in [0.717, 1.165) is 46.7 Å². The van der Waals surface area contributed by atoms with Crippen molar-refractivity contribution in [1.82, 2.24) is 29.7 Å². The maximum Gasteiger partial charge on any atom is 0.410 e. The molecular formula is C28H33FN8O2S. The highest BCUT2D eigenvalue weighted by molar-refractivity contribution is 7.22. The van der Waals surface area contributed by atoms with Crippen LogP contribution in [0.1, 0.15) is 26.3 Å². The molecule has 0 unspecified atom stereocenters. The number of fused-ring (bicyclic) bond motifs is 1. The normalized spacial score (nSPS) is 14.4. The number of hydrogen-bond acceptors (Lipinski definition) is 10. The lowest BCUT2D eigenvalue weighted by atomic mass is 10.1. The summed E-state index contributed by atoms with van der Waals surface area (Å²) < 4.78 is 21.2. The van der Waals surface area contributed by atoms with Gasteiger partial charge in [0.25, 0.3) is 0 Å². The van der Waals surface area contributed by atoms with E-state index >= 15 is 0 Å². The number of hydrogen-bond donors (Lipinski definition) is 1. The third-order valence-corrected chi connectivity index (χ3v) is 7.46. The molecule has 0 aliphatic carbocycles. The molecule has 0 atom stereocenters. The summed E-state index contributed by atoms with van der Waals surface area (Å²) in [6.07, 6.45) is 2.70. The molecule has 210 valence electrons. The predicted octanol–water partition coefficient (Wildman–Crippen LogP) is 5.15.